The fourth-order valence-electron chi connectivity index (χ4n) is 4.32. The van der Waals surface area contributed by atoms with Gasteiger partial charge < -0.3 is 14.5 Å². The number of halogens is 1. The van der Waals surface area contributed by atoms with Gasteiger partial charge in [0.15, 0.2) is 5.82 Å². The van der Waals surface area contributed by atoms with Gasteiger partial charge in [0.2, 0.25) is 5.95 Å². The summed E-state index contributed by atoms with van der Waals surface area (Å²) in [6.45, 7) is 5.13. The molecule has 2 aliphatic rings. The third kappa shape index (κ3) is 3.54. The number of ether oxygens (including phenoxy) is 1. The van der Waals surface area contributed by atoms with Crippen molar-refractivity contribution in [2.24, 2.45) is 11.3 Å². The Morgan fingerprint density at radius 2 is 2.08 bits per heavy atom. The molecule has 4 rings (SSSR count). The zero-order chi connectivity index (χ0) is 18.0. The Morgan fingerprint density at radius 1 is 1.23 bits per heavy atom. The molecule has 138 valence electrons. The molecule has 2 saturated heterocycles. The summed E-state index contributed by atoms with van der Waals surface area (Å²) < 4.78 is 19.1. The number of pyridine rings is 1. The average Bonchev–Trinajstić information content (AvgIpc) is 3.20. The standard InChI is InChI=1S/C19H24FN5O/c1-24-10-15(11-26-12-17-4-2-3-6-21-17)19(13-24)5-7-25(14-19)18-22-8-16(20)9-23-18/h2-4,6,8-9,15H,5,7,10-14H2,1H3/t15-,19-/m0/s1. The van der Waals surface area contributed by atoms with E-state index < -0.39 is 5.82 Å². The van der Waals surface area contributed by atoms with E-state index in [1.807, 2.05) is 18.2 Å². The van der Waals surface area contributed by atoms with Gasteiger partial charge in [0.1, 0.15) is 0 Å². The van der Waals surface area contributed by atoms with Crippen LogP contribution < -0.4 is 4.90 Å². The maximum Gasteiger partial charge on any atom is 0.225 e. The monoisotopic (exact) mass is 357 g/mol. The third-order valence-electron chi connectivity index (χ3n) is 5.55. The quantitative estimate of drug-likeness (QED) is 0.816. The van der Waals surface area contributed by atoms with Crippen LogP contribution >= 0.6 is 0 Å². The predicted molar refractivity (Wildman–Crippen MR) is 96.1 cm³/mol. The van der Waals surface area contributed by atoms with E-state index in [2.05, 4.69) is 31.8 Å². The van der Waals surface area contributed by atoms with E-state index in [4.69, 9.17) is 4.74 Å². The van der Waals surface area contributed by atoms with Gasteiger partial charge in [0.05, 0.1) is 31.3 Å². The van der Waals surface area contributed by atoms with Gasteiger partial charge >= 0.3 is 0 Å². The molecule has 0 saturated carbocycles. The Hall–Kier alpha value is -2.12. The Kier molecular flexibility index (Phi) is 4.82. The van der Waals surface area contributed by atoms with Crippen LogP contribution in [0, 0.1) is 17.2 Å². The van der Waals surface area contributed by atoms with Crippen LogP contribution in [0.25, 0.3) is 0 Å². The van der Waals surface area contributed by atoms with E-state index >= 15 is 0 Å². The Morgan fingerprint density at radius 3 is 2.85 bits per heavy atom. The molecule has 0 bridgehead atoms. The Balaban J connectivity index is 1.40. The summed E-state index contributed by atoms with van der Waals surface area (Å²) in [5.74, 6) is 0.678. The second kappa shape index (κ2) is 7.25. The van der Waals surface area contributed by atoms with Crippen LogP contribution in [0.2, 0.25) is 0 Å². The second-order valence-electron chi connectivity index (χ2n) is 7.47. The van der Waals surface area contributed by atoms with Crippen LogP contribution in [0.5, 0.6) is 0 Å². The van der Waals surface area contributed by atoms with E-state index in [0.29, 0.717) is 18.5 Å². The SMILES string of the molecule is CN1C[C@@H](COCc2ccccn2)[C@@]2(CCN(c3ncc(F)cn3)C2)C1. The van der Waals surface area contributed by atoms with Crippen molar-refractivity contribution in [1.82, 2.24) is 19.9 Å². The summed E-state index contributed by atoms with van der Waals surface area (Å²) >= 11 is 0. The summed E-state index contributed by atoms with van der Waals surface area (Å²) in [5, 5.41) is 0. The average molecular weight is 357 g/mol. The highest BCUT2D eigenvalue weighted by Gasteiger charge is 2.50. The molecule has 0 amide bonds. The van der Waals surface area contributed by atoms with Crippen LogP contribution in [-0.4, -0.2) is 59.7 Å². The molecule has 0 aromatic carbocycles. The molecule has 7 heteroatoms. The smallest absolute Gasteiger partial charge is 0.225 e. The first-order chi connectivity index (χ1) is 12.6. The van der Waals surface area contributed by atoms with Crippen LogP contribution in [0.1, 0.15) is 12.1 Å². The fraction of sp³-hybridized carbons (Fsp3) is 0.526. The summed E-state index contributed by atoms with van der Waals surface area (Å²) in [4.78, 5) is 17.2. The summed E-state index contributed by atoms with van der Waals surface area (Å²) in [7, 11) is 2.16. The van der Waals surface area contributed by atoms with E-state index in [0.717, 1.165) is 44.9 Å². The van der Waals surface area contributed by atoms with Crippen molar-refractivity contribution in [3.05, 3.63) is 48.3 Å². The van der Waals surface area contributed by atoms with Gasteiger partial charge in [0.25, 0.3) is 0 Å². The lowest BCUT2D eigenvalue weighted by Crippen LogP contribution is -2.36. The highest BCUT2D eigenvalue weighted by atomic mass is 19.1. The van der Waals surface area contributed by atoms with Crippen molar-refractivity contribution in [1.29, 1.82) is 0 Å². The van der Waals surface area contributed by atoms with Crippen LogP contribution in [0.15, 0.2) is 36.8 Å². The van der Waals surface area contributed by atoms with Gasteiger partial charge in [-0.05, 0) is 25.6 Å². The molecule has 0 unspecified atom stereocenters. The van der Waals surface area contributed by atoms with E-state index in [-0.39, 0.29) is 5.41 Å². The van der Waals surface area contributed by atoms with E-state index in [1.54, 1.807) is 6.20 Å². The number of likely N-dealkylation sites (tertiary alicyclic amines) is 1. The molecule has 0 N–H and O–H groups in total. The number of hydrogen-bond acceptors (Lipinski definition) is 6. The first-order valence-corrected chi connectivity index (χ1v) is 9.03. The second-order valence-corrected chi connectivity index (χ2v) is 7.47. The molecule has 1 spiro atoms. The van der Waals surface area contributed by atoms with Gasteiger partial charge in [0, 0.05) is 43.7 Å². The zero-order valence-corrected chi connectivity index (χ0v) is 15.0. The lowest BCUT2D eigenvalue weighted by molar-refractivity contribution is 0.0545. The highest BCUT2D eigenvalue weighted by Crippen LogP contribution is 2.44. The zero-order valence-electron chi connectivity index (χ0n) is 15.0. The summed E-state index contributed by atoms with van der Waals surface area (Å²) in [6, 6.07) is 5.88. The summed E-state index contributed by atoms with van der Waals surface area (Å²) in [5.41, 5.74) is 1.14. The van der Waals surface area contributed by atoms with Gasteiger partial charge in [-0.25, -0.2) is 14.4 Å². The molecule has 0 radical (unpaired) electrons. The highest BCUT2D eigenvalue weighted by molar-refractivity contribution is 5.32. The topological polar surface area (TPSA) is 54.4 Å². The van der Waals surface area contributed by atoms with Gasteiger partial charge in [-0.2, -0.15) is 0 Å². The predicted octanol–water partition coefficient (Wildman–Crippen LogP) is 1.99. The maximum atomic E-state index is 13.1. The van der Waals surface area contributed by atoms with Gasteiger partial charge in [-0.1, -0.05) is 6.07 Å². The molecule has 26 heavy (non-hydrogen) atoms. The first kappa shape index (κ1) is 17.3. The number of nitrogens with zero attached hydrogens (tertiary/aromatic N) is 5. The van der Waals surface area contributed by atoms with Crippen molar-refractivity contribution in [2.75, 3.05) is 44.7 Å². The fourth-order valence-corrected chi connectivity index (χ4v) is 4.32. The van der Waals surface area contributed by atoms with Crippen LogP contribution in [0.3, 0.4) is 0 Å². The van der Waals surface area contributed by atoms with Crippen molar-refractivity contribution in [3.8, 4) is 0 Å². The number of hydrogen-bond donors (Lipinski definition) is 0. The molecule has 4 heterocycles. The molecular formula is C19H24FN5O. The van der Waals surface area contributed by atoms with Crippen LogP contribution in [-0.2, 0) is 11.3 Å². The largest absolute Gasteiger partial charge is 0.375 e. The van der Waals surface area contributed by atoms with E-state index in [9.17, 15) is 4.39 Å². The van der Waals surface area contributed by atoms with Gasteiger partial charge in [-0.3, -0.25) is 4.98 Å². The molecule has 0 aliphatic carbocycles. The first-order valence-electron chi connectivity index (χ1n) is 9.03. The molecule has 2 aromatic heterocycles. The third-order valence-corrected chi connectivity index (χ3v) is 5.55. The van der Waals surface area contributed by atoms with Crippen molar-refractivity contribution >= 4 is 5.95 Å². The minimum absolute atomic E-state index is 0.177. The molecule has 2 atom stereocenters. The summed E-state index contributed by atoms with van der Waals surface area (Å²) in [6.07, 6.45) is 5.35. The van der Waals surface area contributed by atoms with Crippen molar-refractivity contribution in [3.63, 3.8) is 0 Å². The Labute approximate surface area is 153 Å². The molecule has 2 aliphatic heterocycles. The molecule has 2 aromatic rings. The van der Waals surface area contributed by atoms with Crippen molar-refractivity contribution in [2.45, 2.75) is 13.0 Å². The number of anilines is 1. The molecule has 2 fully saturated rings. The Bertz CT molecular complexity index is 728. The minimum Gasteiger partial charge on any atom is -0.375 e. The lowest BCUT2D eigenvalue weighted by Gasteiger charge is -2.30. The minimum atomic E-state index is -0.399. The lowest BCUT2D eigenvalue weighted by atomic mass is 9.77. The molecule has 6 nitrogen and oxygen atoms in total. The normalized spacial score (nSPS) is 26.1. The number of aromatic nitrogens is 3. The van der Waals surface area contributed by atoms with Crippen molar-refractivity contribution < 1.29 is 9.13 Å². The van der Waals surface area contributed by atoms with E-state index in [1.165, 1.54) is 12.4 Å². The maximum absolute atomic E-state index is 13.1. The van der Waals surface area contributed by atoms with Gasteiger partial charge in [-0.15, -0.1) is 0 Å². The van der Waals surface area contributed by atoms with Crippen LogP contribution in [0.4, 0.5) is 10.3 Å². The molecular weight excluding hydrogens is 333 g/mol. The number of rotatable bonds is 5.